The highest BCUT2D eigenvalue weighted by Crippen LogP contribution is 2.32. The molecule has 2 aromatic rings. The number of ketones is 1. The van der Waals surface area contributed by atoms with E-state index in [1.54, 1.807) is 12.1 Å². The molecule has 0 aliphatic heterocycles. The van der Waals surface area contributed by atoms with Crippen LogP contribution in [0.3, 0.4) is 0 Å². The Bertz CT molecular complexity index is 608. The maximum atomic E-state index is 11.9. The van der Waals surface area contributed by atoms with Crippen molar-refractivity contribution in [2.75, 3.05) is 6.61 Å². The first-order valence-electron chi connectivity index (χ1n) is 5.95. The van der Waals surface area contributed by atoms with Crippen molar-refractivity contribution in [2.24, 2.45) is 0 Å². The second kappa shape index (κ2) is 5.52. The number of phenols is 3. The fourth-order valence-electron chi connectivity index (χ4n) is 1.74. The number of benzene rings is 2. The Kier molecular flexibility index (Phi) is 3.79. The Hall–Kier alpha value is -2.69. The molecule has 0 fully saturated rings. The van der Waals surface area contributed by atoms with E-state index in [0.717, 1.165) is 17.7 Å². The average molecular weight is 274 g/mol. The van der Waals surface area contributed by atoms with Gasteiger partial charge in [0.25, 0.3) is 0 Å². The first kappa shape index (κ1) is 13.7. The highest BCUT2D eigenvalue weighted by molar-refractivity contribution is 6.02. The first-order valence-corrected chi connectivity index (χ1v) is 5.95. The SMILES string of the molecule is Cc1ccc(OCC(=O)c2c(O)cc(O)cc2O)cc1. The smallest absolute Gasteiger partial charge is 0.207 e. The summed E-state index contributed by atoms with van der Waals surface area (Å²) in [5.41, 5.74) is 0.799. The van der Waals surface area contributed by atoms with E-state index in [0.29, 0.717) is 5.75 Å². The maximum Gasteiger partial charge on any atom is 0.207 e. The van der Waals surface area contributed by atoms with Gasteiger partial charge in [0, 0.05) is 12.1 Å². The van der Waals surface area contributed by atoms with Crippen LogP contribution in [0.1, 0.15) is 15.9 Å². The number of aryl methyl sites for hydroxylation is 1. The molecule has 0 heterocycles. The Morgan fingerprint density at radius 3 is 2.15 bits per heavy atom. The summed E-state index contributed by atoms with van der Waals surface area (Å²) < 4.78 is 5.28. The van der Waals surface area contributed by atoms with Gasteiger partial charge in [-0.25, -0.2) is 0 Å². The van der Waals surface area contributed by atoms with E-state index in [2.05, 4.69) is 0 Å². The molecule has 3 N–H and O–H groups in total. The molecule has 2 aromatic carbocycles. The molecule has 5 heteroatoms. The fourth-order valence-corrected chi connectivity index (χ4v) is 1.74. The van der Waals surface area contributed by atoms with Gasteiger partial charge < -0.3 is 20.1 Å². The summed E-state index contributed by atoms with van der Waals surface area (Å²) >= 11 is 0. The summed E-state index contributed by atoms with van der Waals surface area (Å²) in [6.45, 7) is 1.61. The van der Waals surface area contributed by atoms with Gasteiger partial charge in [0.2, 0.25) is 5.78 Å². The summed E-state index contributed by atoms with van der Waals surface area (Å²) in [6, 6.07) is 9.10. The number of ether oxygens (including phenoxy) is 1. The minimum Gasteiger partial charge on any atom is -0.508 e. The van der Waals surface area contributed by atoms with Crippen LogP contribution >= 0.6 is 0 Å². The number of hydrogen-bond donors (Lipinski definition) is 3. The third-order valence-electron chi connectivity index (χ3n) is 2.75. The summed E-state index contributed by atoms with van der Waals surface area (Å²) in [5, 5.41) is 28.3. The third-order valence-corrected chi connectivity index (χ3v) is 2.75. The third kappa shape index (κ3) is 3.00. The van der Waals surface area contributed by atoms with Gasteiger partial charge in [0.1, 0.15) is 28.6 Å². The minimum atomic E-state index is -0.583. The zero-order chi connectivity index (χ0) is 14.7. The van der Waals surface area contributed by atoms with Gasteiger partial charge in [0.15, 0.2) is 6.61 Å². The monoisotopic (exact) mass is 274 g/mol. The van der Waals surface area contributed by atoms with Crippen molar-refractivity contribution in [1.82, 2.24) is 0 Å². The molecule has 0 atom stereocenters. The molecule has 0 aliphatic carbocycles. The van der Waals surface area contributed by atoms with Crippen molar-refractivity contribution >= 4 is 5.78 Å². The maximum absolute atomic E-state index is 11.9. The van der Waals surface area contributed by atoms with E-state index in [1.165, 1.54) is 0 Å². The Labute approximate surface area is 115 Å². The van der Waals surface area contributed by atoms with Crippen LogP contribution in [0.2, 0.25) is 0 Å². The zero-order valence-corrected chi connectivity index (χ0v) is 10.8. The van der Waals surface area contributed by atoms with Crippen molar-refractivity contribution in [1.29, 1.82) is 0 Å². The molecule has 5 nitrogen and oxygen atoms in total. The molecule has 0 saturated heterocycles. The normalized spacial score (nSPS) is 10.2. The van der Waals surface area contributed by atoms with Crippen LogP contribution < -0.4 is 4.74 Å². The van der Waals surface area contributed by atoms with Crippen LogP contribution in [-0.4, -0.2) is 27.7 Å². The second-order valence-corrected chi connectivity index (χ2v) is 4.38. The van der Waals surface area contributed by atoms with Crippen LogP contribution in [-0.2, 0) is 0 Å². The summed E-state index contributed by atoms with van der Waals surface area (Å²) in [7, 11) is 0. The Morgan fingerprint density at radius 2 is 1.60 bits per heavy atom. The van der Waals surface area contributed by atoms with Gasteiger partial charge in [0.05, 0.1) is 0 Å². The molecule has 20 heavy (non-hydrogen) atoms. The molecular weight excluding hydrogens is 260 g/mol. The largest absolute Gasteiger partial charge is 0.508 e. The first-order chi connectivity index (χ1) is 9.47. The van der Waals surface area contributed by atoms with Crippen LogP contribution in [0.15, 0.2) is 36.4 Å². The number of Topliss-reactive ketones (excluding diaryl/α,β-unsaturated/α-hetero) is 1. The Balaban J connectivity index is 2.11. The van der Waals surface area contributed by atoms with Gasteiger partial charge in [-0.3, -0.25) is 4.79 Å². The molecular formula is C15H14O5. The number of hydrogen-bond acceptors (Lipinski definition) is 5. The predicted octanol–water partition coefficient (Wildman–Crippen LogP) is 2.37. The molecule has 0 unspecified atom stereocenters. The molecule has 0 aromatic heterocycles. The number of carbonyl (C=O) groups is 1. The standard InChI is InChI=1S/C15H14O5/c1-9-2-4-11(5-3-9)20-8-14(19)15-12(17)6-10(16)7-13(15)18/h2-7,16-18H,8H2,1H3. The van der Waals surface area contributed by atoms with Gasteiger partial charge in [-0.05, 0) is 19.1 Å². The zero-order valence-electron chi connectivity index (χ0n) is 10.8. The fraction of sp³-hybridized carbons (Fsp3) is 0.133. The van der Waals surface area contributed by atoms with Gasteiger partial charge in [-0.1, -0.05) is 17.7 Å². The van der Waals surface area contributed by atoms with E-state index in [9.17, 15) is 20.1 Å². The van der Waals surface area contributed by atoms with E-state index < -0.39 is 17.3 Å². The molecule has 0 bridgehead atoms. The lowest BCUT2D eigenvalue weighted by Crippen LogP contribution is -2.12. The van der Waals surface area contributed by atoms with Crippen molar-refractivity contribution in [2.45, 2.75) is 6.92 Å². The lowest BCUT2D eigenvalue weighted by atomic mass is 10.1. The summed E-state index contributed by atoms with van der Waals surface area (Å²) in [5.74, 6) is -1.36. The minimum absolute atomic E-state index is 0.269. The average Bonchev–Trinajstić information content (AvgIpc) is 2.37. The molecule has 0 spiro atoms. The van der Waals surface area contributed by atoms with Gasteiger partial charge >= 0.3 is 0 Å². The topological polar surface area (TPSA) is 87.0 Å². The van der Waals surface area contributed by atoms with E-state index in [-0.39, 0.29) is 17.9 Å². The quantitative estimate of drug-likeness (QED) is 0.745. The van der Waals surface area contributed by atoms with Gasteiger partial charge in [-0.15, -0.1) is 0 Å². The van der Waals surface area contributed by atoms with Crippen LogP contribution in [0.5, 0.6) is 23.0 Å². The molecule has 0 amide bonds. The van der Waals surface area contributed by atoms with Crippen LogP contribution in [0.4, 0.5) is 0 Å². The van der Waals surface area contributed by atoms with Crippen molar-refractivity contribution in [3.05, 3.63) is 47.5 Å². The Morgan fingerprint density at radius 1 is 1.05 bits per heavy atom. The molecule has 104 valence electrons. The second-order valence-electron chi connectivity index (χ2n) is 4.38. The lowest BCUT2D eigenvalue weighted by molar-refractivity contribution is 0.0916. The van der Waals surface area contributed by atoms with Crippen LogP contribution in [0.25, 0.3) is 0 Å². The van der Waals surface area contributed by atoms with Crippen LogP contribution in [0, 0.1) is 6.92 Å². The van der Waals surface area contributed by atoms with E-state index in [4.69, 9.17) is 4.74 Å². The lowest BCUT2D eigenvalue weighted by Gasteiger charge is -2.09. The molecule has 0 aliphatic rings. The van der Waals surface area contributed by atoms with E-state index in [1.807, 2.05) is 19.1 Å². The number of aromatic hydroxyl groups is 3. The number of carbonyl (C=O) groups excluding carboxylic acids is 1. The highest BCUT2D eigenvalue weighted by Gasteiger charge is 2.18. The van der Waals surface area contributed by atoms with Crippen molar-refractivity contribution < 1.29 is 24.9 Å². The number of rotatable bonds is 4. The molecule has 2 rings (SSSR count). The predicted molar refractivity (Wildman–Crippen MR) is 72.4 cm³/mol. The summed E-state index contributed by atoms with van der Waals surface area (Å²) in [6.07, 6.45) is 0. The molecule has 0 radical (unpaired) electrons. The number of phenolic OH excluding ortho intramolecular Hbond substituents is 3. The van der Waals surface area contributed by atoms with E-state index >= 15 is 0 Å². The van der Waals surface area contributed by atoms with Crippen molar-refractivity contribution in [3.63, 3.8) is 0 Å². The van der Waals surface area contributed by atoms with Gasteiger partial charge in [-0.2, -0.15) is 0 Å². The summed E-state index contributed by atoms with van der Waals surface area (Å²) in [4.78, 5) is 11.9. The highest BCUT2D eigenvalue weighted by atomic mass is 16.5. The van der Waals surface area contributed by atoms with Crippen molar-refractivity contribution in [3.8, 4) is 23.0 Å². The molecule has 0 saturated carbocycles.